The molecule has 0 spiro atoms. The molecule has 0 nitrogen and oxygen atoms in total. The van der Waals surface area contributed by atoms with Crippen molar-refractivity contribution in [1.82, 2.24) is 0 Å². The minimum Gasteiger partial charge on any atom is -0.147 e. The number of hydrogen-bond donors (Lipinski definition) is 0. The summed E-state index contributed by atoms with van der Waals surface area (Å²) in [4.78, 5) is 0. The lowest BCUT2D eigenvalue weighted by Crippen LogP contribution is -2.28. The van der Waals surface area contributed by atoms with Gasteiger partial charge in [-0.25, -0.2) is 0 Å². The van der Waals surface area contributed by atoms with Crippen molar-refractivity contribution in [3.05, 3.63) is 12.7 Å². The molecule has 0 saturated heterocycles. The summed E-state index contributed by atoms with van der Waals surface area (Å²) >= 11 is 0.270. The highest BCUT2D eigenvalue weighted by atomic mass is 35.5. The largest absolute Gasteiger partial charge is 0.369 e. The summed E-state index contributed by atoms with van der Waals surface area (Å²) in [6.45, 7) is 11.1. The molecule has 0 bridgehead atoms. The average Bonchev–Trinajstić information content (AvgIpc) is 1.59. The van der Waals surface area contributed by atoms with Gasteiger partial charge in [0.2, 0.25) is 0 Å². The summed E-state index contributed by atoms with van der Waals surface area (Å²) in [6.07, 6.45) is 2.07. The van der Waals surface area contributed by atoms with Crippen LogP contribution >= 0.6 is 12.4 Å². The van der Waals surface area contributed by atoms with Crippen LogP contribution in [0.3, 0.4) is 0 Å². The Morgan fingerprint density at radius 2 is 1.89 bits per heavy atom. The van der Waals surface area contributed by atoms with Gasteiger partial charge in [0.05, 0.1) is 0 Å². The Kier molecular flexibility index (Phi) is 8.12. The van der Waals surface area contributed by atoms with Crippen molar-refractivity contribution in [2.24, 2.45) is 0 Å². The van der Waals surface area contributed by atoms with Gasteiger partial charge >= 0.3 is 19.6 Å². The zero-order valence-electron chi connectivity index (χ0n) is 6.61. The molecule has 0 N–H and O–H groups in total. The second kappa shape index (κ2) is 5.77. The summed E-state index contributed by atoms with van der Waals surface area (Å²) in [5.41, 5.74) is -0.611. The fraction of sp³-hybridized carbons (Fsp3) is 0.667. The maximum Gasteiger partial charge on any atom is 0.369 e. The molecule has 0 amide bonds. The fourth-order valence-corrected chi connectivity index (χ4v) is 4.82. The smallest absolute Gasteiger partial charge is 0.147 e. The minimum absolute atomic E-state index is 0. The lowest BCUT2D eigenvalue weighted by atomic mass is 10.8. The molecule has 0 aliphatic heterocycles. The molecule has 0 unspecified atom stereocenters. The van der Waals surface area contributed by atoms with Crippen LogP contribution in [-0.2, 0) is 0 Å². The summed E-state index contributed by atoms with van der Waals surface area (Å²) in [5, 5.41) is 0. The van der Waals surface area contributed by atoms with Crippen molar-refractivity contribution in [1.29, 1.82) is 0 Å². The van der Waals surface area contributed by atoms with E-state index in [1.807, 2.05) is 0 Å². The summed E-state index contributed by atoms with van der Waals surface area (Å²) in [6, 6.07) is 0. The molecule has 0 atom stereocenters. The Labute approximate surface area is 74.4 Å². The first-order chi connectivity index (χ1) is 3.56. The standard InChI is InChI=1S/C3H9Si.C3H5.ClH.Mg/c1-4(2)3;1-3-2;;/h1-3H3;3H,1-2H2;1H;. The molecule has 0 aliphatic carbocycles. The number of hydrogen-bond acceptors (Lipinski definition) is 0. The van der Waals surface area contributed by atoms with Gasteiger partial charge in [0, 0.05) is 0 Å². The van der Waals surface area contributed by atoms with Gasteiger partial charge < -0.3 is 0 Å². The van der Waals surface area contributed by atoms with E-state index in [9.17, 15) is 0 Å². The van der Waals surface area contributed by atoms with Gasteiger partial charge in [0.25, 0.3) is 0 Å². The fourth-order valence-electron chi connectivity index (χ4n) is 0.535. The van der Waals surface area contributed by atoms with Crippen LogP contribution in [0, 0.1) is 0 Å². The zero-order chi connectivity index (χ0) is 6.62. The van der Waals surface area contributed by atoms with E-state index >= 15 is 0 Å². The maximum absolute atomic E-state index is 3.72. The first-order valence-corrected chi connectivity index (χ1v) is 10.00. The van der Waals surface area contributed by atoms with E-state index in [1.165, 1.54) is 4.55 Å². The number of allylic oxidation sites excluding steroid dienone is 1. The summed E-state index contributed by atoms with van der Waals surface area (Å²) in [5.74, 6) is 0. The molecule has 0 saturated carbocycles. The van der Waals surface area contributed by atoms with E-state index in [2.05, 4.69) is 32.3 Å². The van der Waals surface area contributed by atoms with Gasteiger partial charge in [-0.3, -0.25) is 0 Å². The van der Waals surface area contributed by atoms with Gasteiger partial charge in [-0.2, -0.15) is 0 Å². The Hall–Kier alpha value is 1.01. The van der Waals surface area contributed by atoms with E-state index in [1.54, 1.807) is 0 Å². The van der Waals surface area contributed by atoms with Gasteiger partial charge in [0.15, 0.2) is 0 Å². The molecule has 0 aliphatic rings. The van der Waals surface area contributed by atoms with Crippen molar-refractivity contribution in [3.63, 3.8) is 0 Å². The monoisotopic (exact) mass is 174 g/mol. The average molecular weight is 175 g/mol. The molecule has 0 aromatic heterocycles. The molecule has 3 heteroatoms. The number of halogens is 1. The lowest BCUT2D eigenvalue weighted by molar-refractivity contribution is 1.71. The second-order valence-electron chi connectivity index (χ2n) is 3.39. The maximum atomic E-state index is 3.72. The molecule has 0 fully saturated rings. The van der Waals surface area contributed by atoms with E-state index < -0.39 is 5.72 Å². The van der Waals surface area contributed by atoms with Crippen LogP contribution in [0.2, 0.25) is 24.2 Å². The first kappa shape index (κ1) is 12.7. The van der Waals surface area contributed by atoms with Crippen molar-refractivity contribution in [2.75, 3.05) is 0 Å². The highest BCUT2D eigenvalue weighted by molar-refractivity contribution is 7.23. The van der Waals surface area contributed by atoms with Crippen LogP contribution in [0.25, 0.3) is 0 Å². The molecule has 0 heterocycles. The third-order valence-electron chi connectivity index (χ3n) is 1.10. The molecule has 0 rings (SSSR count). The van der Waals surface area contributed by atoms with Crippen LogP contribution in [0.15, 0.2) is 12.7 Å². The Balaban J connectivity index is 0. The molecule has 0 aromatic carbocycles. The van der Waals surface area contributed by atoms with Gasteiger partial charge in [0.1, 0.15) is 0 Å². The number of rotatable bonds is 3. The van der Waals surface area contributed by atoms with Crippen molar-refractivity contribution in [3.8, 4) is 0 Å². The summed E-state index contributed by atoms with van der Waals surface area (Å²) in [7, 11) is 0. The summed E-state index contributed by atoms with van der Waals surface area (Å²) < 4.78 is 1.34. The first-order valence-electron chi connectivity index (χ1n) is 3.17. The Bertz CT molecular complexity index is 77.6. The van der Waals surface area contributed by atoms with Crippen LogP contribution < -0.4 is 0 Å². The van der Waals surface area contributed by atoms with E-state index in [4.69, 9.17) is 0 Å². The molecular formula is C6H15ClMgSi. The lowest BCUT2D eigenvalue weighted by Gasteiger charge is -2.11. The molecule has 0 radical (unpaired) electrons. The minimum atomic E-state index is -0.611. The van der Waals surface area contributed by atoms with Crippen LogP contribution in [-0.4, -0.2) is 25.3 Å². The molecular weight excluding hydrogens is 160 g/mol. The van der Waals surface area contributed by atoms with E-state index in [0.29, 0.717) is 0 Å². The highest BCUT2D eigenvalue weighted by Gasteiger charge is 2.13. The van der Waals surface area contributed by atoms with Gasteiger partial charge in [-0.05, 0) is 0 Å². The third kappa shape index (κ3) is 12.3. The van der Waals surface area contributed by atoms with Crippen LogP contribution in [0.4, 0.5) is 0 Å². The molecule has 9 heavy (non-hydrogen) atoms. The predicted molar refractivity (Wildman–Crippen MR) is 51.4 cm³/mol. The SMILES string of the molecule is C=C[CH2][Mg][Si](C)(C)C.Cl. The van der Waals surface area contributed by atoms with Crippen molar-refractivity contribution < 1.29 is 0 Å². The Morgan fingerprint density at radius 1 is 1.44 bits per heavy atom. The molecule has 52 valence electrons. The highest BCUT2D eigenvalue weighted by Crippen LogP contribution is 1.99. The van der Waals surface area contributed by atoms with E-state index in [-0.39, 0.29) is 32.0 Å². The quantitative estimate of drug-likeness (QED) is 0.456. The van der Waals surface area contributed by atoms with E-state index in [0.717, 1.165) is 0 Å². The van der Waals surface area contributed by atoms with Crippen molar-refractivity contribution in [2.45, 2.75) is 24.2 Å². The van der Waals surface area contributed by atoms with Crippen molar-refractivity contribution >= 4 is 37.7 Å². The second-order valence-corrected chi connectivity index (χ2v) is 17.5. The van der Waals surface area contributed by atoms with Crippen LogP contribution in [0.5, 0.6) is 0 Å². The van der Waals surface area contributed by atoms with Gasteiger partial charge in [-0.1, -0.05) is 25.4 Å². The van der Waals surface area contributed by atoms with Gasteiger partial charge in [-0.15, -0.1) is 29.6 Å². The topological polar surface area (TPSA) is 0 Å². The molecule has 0 aromatic rings. The zero-order valence-corrected chi connectivity index (χ0v) is 9.84. The third-order valence-corrected chi connectivity index (χ3v) is 8.66. The normalized spacial score (nSPS) is 9.22. The Morgan fingerprint density at radius 3 is 2.00 bits per heavy atom. The van der Waals surface area contributed by atoms with Crippen LogP contribution in [0.1, 0.15) is 0 Å². The predicted octanol–water partition coefficient (Wildman–Crippen LogP) is 2.55.